The van der Waals surface area contributed by atoms with E-state index in [-0.39, 0.29) is 23.6 Å². The Morgan fingerprint density at radius 3 is 2.74 bits per heavy atom. The lowest BCUT2D eigenvalue weighted by Crippen LogP contribution is -2.37. The van der Waals surface area contributed by atoms with E-state index in [1.165, 1.54) is 6.07 Å². The van der Waals surface area contributed by atoms with Gasteiger partial charge in [0.2, 0.25) is 5.91 Å². The number of nitrogens with two attached hydrogens (primary N) is 1. The van der Waals surface area contributed by atoms with Crippen LogP contribution in [0.1, 0.15) is 6.42 Å². The summed E-state index contributed by atoms with van der Waals surface area (Å²) in [6.45, 7) is 0. The molecule has 1 aromatic rings. The van der Waals surface area contributed by atoms with Gasteiger partial charge in [0.1, 0.15) is 9.84 Å². The molecule has 0 spiro atoms. The lowest BCUT2D eigenvalue weighted by atomic mass is 10.2. The molecule has 106 valence electrons. The number of carbonyl (C=O) groups excluding carboxylic acids is 1. The van der Waals surface area contributed by atoms with Gasteiger partial charge in [0.05, 0.1) is 22.0 Å². The van der Waals surface area contributed by atoms with E-state index >= 15 is 0 Å². The Labute approximate surface area is 120 Å². The molecule has 8 heteroatoms. The number of rotatable bonds is 5. The Kier molecular flexibility index (Phi) is 5.33. The molecule has 0 fully saturated rings. The Bertz CT molecular complexity index is 574. The molecule has 0 bridgehead atoms. The first-order valence-corrected chi connectivity index (χ1v) is 8.27. The minimum absolute atomic E-state index is 0.0272. The number of halogens is 1. The molecule has 1 amide bonds. The lowest BCUT2D eigenvalue weighted by Gasteiger charge is -2.13. The molecule has 6 nitrogen and oxygen atoms in total. The highest BCUT2D eigenvalue weighted by Crippen LogP contribution is 2.31. The van der Waals surface area contributed by atoms with Crippen molar-refractivity contribution < 1.29 is 18.3 Å². The number of nitrogens with one attached hydrogen (secondary N) is 1. The summed E-state index contributed by atoms with van der Waals surface area (Å²) in [6.07, 6.45) is 1.11. The van der Waals surface area contributed by atoms with Gasteiger partial charge in [-0.05, 0) is 34.5 Å². The number of hydrogen-bond acceptors (Lipinski definition) is 5. The third-order valence-corrected chi connectivity index (χ3v) is 4.00. The summed E-state index contributed by atoms with van der Waals surface area (Å²) in [6, 6.07) is 3.82. The number of amides is 1. The Morgan fingerprint density at radius 1 is 1.53 bits per heavy atom. The van der Waals surface area contributed by atoms with Crippen LogP contribution in [0.2, 0.25) is 0 Å². The fraction of sp³-hybridized carbons (Fsp3) is 0.364. The molecular weight excluding hydrogens is 336 g/mol. The molecule has 1 unspecified atom stereocenters. The zero-order valence-electron chi connectivity index (χ0n) is 10.3. The molecule has 1 aromatic carbocycles. The van der Waals surface area contributed by atoms with E-state index in [4.69, 9.17) is 5.73 Å². The molecule has 0 saturated heterocycles. The first-order valence-electron chi connectivity index (χ1n) is 5.42. The number of phenolic OH excluding ortho intramolecular Hbond substituents is 1. The van der Waals surface area contributed by atoms with Crippen LogP contribution in [0.5, 0.6) is 5.75 Å². The molecule has 4 N–H and O–H groups in total. The SMILES string of the molecule is CS(=O)(=O)CCC(N)C(=O)Nc1cccc(Br)c1O. The van der Waals surface area contributed by atoms with E-state index in [9.17, 15) is 18.3 Å². The normalized spacial score (nSPS) is 13.0. The van der Waals surface area contributed by atoms with Crippen LogP contribution in [-0.4, -0.2) is 37.5 Å². The first-order chi connectivity index (χ1) is 8.70. The van der Waals surface area contributed by atoms with Gasteiger partial charge >= 0.3 is 0 Å². The second-order valence-electron chi connectivity index (χ2n) is 4.15. The number of para-hydroxylation sites is 1. The van der Waals surface area contributed by atoms with Crippen LogP contribution in [0.4, 0.5) is 5.69 Å². The lowest BCUT2D eigenvalue weighted by molar-refractivity contribution is -0.117. The average molecular weight is 351 g/mol. The van der Waals surface area contributed by atoms with Crippen LogP contribution in [0.25, 0.3) is 0 Å². The fourth-order valence-electron chi connectivity index (χ4n) is 1.31. The maximum atomic E-state index is 11.7. The highest BCUT2D eigenvalue weighted by molar-refractivity contribution is 9.10. The van der Waals surface area contributed by atoms with Gasteiger partial charge in [-0.3, -0.25) is 4.79 Å². The summed E-state index contributed by atoms with van der Waals surface area (Å²) in [5.74, 6) is -0.810. The smallest absolute Gasteiger partial charge is 0.241 e. The van der Waals surface area contributed by atoms with Gasteiger partial charge in [-0.1, -0.05) is 6.07 Å². The monoisotopic (exact) mass is 350 g/mol. The highest BCUT2D eigenvalue weighted by Gasteiger charge is 2.17. The van der Waals surface area contributed by atoms with Crippen molar-refractivity contribution in [1.82, 2.24) is 0 Å². The Hall–Kier alpha value is -1.12. The van der Waals surface area contributed by atoms with Gasteiger partial charge < -0.3 is 16.2 Å². The van der Waals surface area contributed by atoms with Crippen molar-refractivity contribution in [3.8, 4) is 5.75 Å². The van der Waals surface area contributed by atoms with Crippen molar-refractivity contribution in [3.05, 3.63) is 22.7 Å². The van der Waals surface area contributed by atoms with Crippen molar-refractivity contribution in [2.24, 2.45) is 5.73 Å². The molecule has 0 radical (unpaired) electrons. The van der Waals surface area contributed by atoms with Crippen LogP contribution in [0, 0.1) is 0 Å². The molecule has 0 aliphatic rings. The van der Waals surface area contributed by atoms with E-state index in [0.717, 1.165) is 6.26 Å². The number of sulfone groups is 1. The number of benzene rings is 1. The number of phenols is 1. The van der Waals surface area contributed by atoms with Crippen LogP contribution in [0.3, 0.4) is 0 Å². The van der Waals surface area contributed by atoms with E-state index in [0.29, 0.717) is 4.47 Å². The second-order valence-corrected chi connectivity index (χ2v) is 7.26. The highest BCUT2D eigenvalue weighted by atomic mass is 79.9. The minimum atomic E-state index is -3.16. The van der Waals surface area contributed by atoms with Crippen molar-refractivity contribution >= 4 is 37.4 Å². The molecule has 0 saturated carbocycles. The maximum absolute atomic E-state index is 11.7. The maximum Gasteiger partial charge on any atom is 0.241 e. The number of anilines is 1. The van der Waals surface area contributed by atoms with E-state index < -0.39 is 21.8 Å². The van der Waals surface area contributed by atoms with Gasteiger partial charge in [0.25, 0.3) is 0 Å². The number of carbonyl (C=O) groups is 1. The number of aromatic hydroxyl groups is 1. The molecule has 19 heavy (non-hydrogen) atoms. The van der Waals surface area contributed by atoms with Gasteiger partial charge in [0.15, 0.2) is 5.75 Å². The van der Waals surface area contributed by atoms with Gasteiger partial charge in [-0.25, -0.2) is 8.42 Å². The van der Waals surface area contributed by atoms with Crippen LogP contribution in [0.15, 0.2) is 22.7 Å². The first kappa shape index (κ1) is 15.9. The predicted molar refractivity (Wildman–Crippen MR) is 76.7 cm³/mol. The summed E-state index contributed by atoms with van der Waals surface area (Å²) < 4.78 is 22.4. The molecule has 1 atom stereocenters. The molecule has 0 heterocycles. The van der Waals surface area contributed by atoms with E-state index in [1.54, 1.807) is 12.1 Å². The van der Waals surface area contributed by atoms with E-state index in [2.05, 4.69) is 21.2 Å². The van der Waals surface area contributed by atoms with Crippen molar-refractivity contribution in [2.75, 3.05) is 17.3 Å². The fourth-order valence-corrected chi connectivity index (χ4v) is 2.36. The van der Waals surface area contributed by atoms with Crippen LogP contribution in [-0.2, 0) is 14.6 Å². The molecule has 0 aliphatic carbocycles. The topological polar surface area (TPSA) is 109 Å². The summed E-state index contributed by atoms with van der Waals surface area (Å²) in [5, 5.41) is 12.1. The van der Waals surface area contributed by atoms with Crippen LogP contribution < -0.4 is 11.1 Å². The summed E-state index contributed by atoms with van der Waals surface area (Å²) >= 11 is 3.12. The number of hydrogen-bond donors (Lipinski definition) is 3. The zero-order chi connectivity index (χ0) is 14.6. The van der Waals surface area contributed by atoms with Crippen molar-refractivity contribution in [2.45, 2.75) is 12.5 Å². The Balaban J connectivity index is 2.67. The van der Waals surface area contributed by atoms with E-state index in [1.807, 2.05) is 0 Å². The zero-order valence-corrected chi connectivity index (χ0v) is 12.7. The summed E-state index contributed by atoms with van der Waals surface area (Å²) in [5.41, 5.74) is 5.81. The van der Waals surface area contributed by atoms with Gasteiger partial charge in [-0.15, -0.1) is 0 Å². The Morgan fingerprint density at radius 2 is 2.16 bits per heavy atom. The summed E-state index contributed by atoms with van der Waals surface area (Å²) in [7, 11) is -3.16. The predicted octanol–water partition coefficient (Wildman–Crippen LogP) is 0.855. The molecule has 0 aliphatic heterocycles. The minimum Gasteiger partial charge on any atom is -0.505 e. The third kappa shape index (κ3) is 5.17. The standard InChI is InChI=1S/C11H15BrN2O4S/c1-19(17,18)6-5-8(13)11(16)14-9-4-2-3-7(12)10(9)15/h2-4,8,15H,5-6,13H2,1H3,(H,14,16). The third-order valence-electron chi connectivity index (χ3n) is 2.38. The van der Waals surface area contributed by atoms with Gasteiger partial charge in [-0.2, -0.15) is 0 Å². The second kappa shape index (κ2) is 6.36. The summed E-state index contributed by atoms with van der Waals surface area (Å²) in [4.78, 5) is 11.7. The largest absolute Gasteiger partial charge is 0.505 e. The van der Waals surface area contributed by atoms with Gasteiger partial charge in [0, 0.05) is 6.26 Å². The molecular formula is C11H15BrN2O4S. The van der Waals surface area contributed by atoms with Crippen LogP contribution >= 0.6 is 15.9 Å². The van der Waals surface area contributed by atoms with Crippen molar-refractivity contribution in [1.29, 1.82) is 0 Å². The van der Waals surface area contributed by atoms with Crippen molar-refractivity contribution in [3.63, 3.8) is 0 Å². The average Bonchev–Trinajstić information content (AvgIpc) is 2.31. The molecule has 0 aromatic heterocycles. The molecule has 1 rings (SSSR count). The quantitative estimate of drug-likeness (QED) is 0.682.